The molecule has 1 fully saturated rings. The largest absolute Gasteiger partial charge is 0.361 e. The van der Waals surface area contributed by atoms with E-state index >= 15 is 0 Å². The summed E-state index contributed by atoms with van der Waals surface area (Å²) < 4.78 is 0. The van der Waals surface area contributed by atoms with Gasteiger partial charge in [0.1, 0.15) is 0 Å². The first kappa shape index (κ1) is 12.7. The van der Waals surface area contributed by atoms with Crippen LogP contribution in [-0.4, -0.2) is 22.3 Å². The van der Waals surface area contributed by atoms with E-state index in [1.54, 1.807) is 11.3 Å². The SMILES string of the molecule is O=C(c1cccc2[nH]ccc12)N1CCCC1c1cccs1. The quantitative estimate of drug-likeness (QED) is 0.755. The van der Waals surface area contributed by atoms with Gasteiger partial charge >= 0.3 is 0 Å². The van der Waals surface area contributed by atoms with E-state index in [2.05, 4.69) is 22.5 Å². The van der Waals surface area contributed by atoms with Crippen LogP contribution in [0.5, 0.6) is 0 Å². The smallest absolute Gasteiger partial charge is 0.255 e. The molecule has 1 aliphatic rings. The first-order valence-electron chi connectivity index (χ1n) is 7.25. The second-order valence-corrected chi connectivity index (χ2v) is 6.40. The van der Waals surface area contributed by atoms with Gasteiger partial charge in [-0.05, 0) is 42.5 Å². The average Bonchev–Trinajstić information content (AvgIpc) is 3.23. The number of likely N-dealkylation sites (tertiary alicyclic amines) is 1. The molecule has 2 aromatic heterocycles. The van der Waals surface area contributed by atoms with Crippen LogP contribution in [0.1, 0.15) is 34.1 Å². The second kappa shape index (κ2) is 5.04. The van der Waals surface area contributed by atoms with Crippen molar-refractivity contribution in [2.75, 3.05) is 6.54 Å². The maximum absolute atomic E-state index is 13.0. The molecule has 0 aliphatic carbocycles. The van der Waals surface area contributed by atoms with Crippen LogP contribution < -0.4 is 0 Å². The number of H-pyrrole nitrogens is 1. The molecule has 1 saturated heterocycles. The molecule has 1 N–H and O–H groups in total. The third kappa shape index (κ3) is 2.07. The molecule has 1 unspecified atom stereocenters. The lowest BCUT2D eigenvalue weighted by atomic mass is 10.1. The summed E-state index contributed by atoms with van der Waals surface area (Å²) in [5, 5.41) is 3.10. The molecular weight excluding hydrogens is 280 g/mol. The van der Waals surface area contributed by atoms with E-state index in [1.807, 2.05) is 35.4 Å². The maximum atomic E-state index is 13.0. The number of rotatable bonds is 2. The normalized spacial score (nSPS) is 18.5. The summed E-state index contributed by atoms with van der Waals surface area (Å²) >= 11 is 1.74. The zero-order valence-electron chi connectivity index (χ0n) is 11.6. The van der Waals surface area contributed by atoms with Gasteiger partial charge in [-0.2, -0.15) is 0 Å². The highest BCUT2D eigenvalue weighted by atomic mass is 32.1. The number of amides is 1. The van der Waals surface area contributed by atoms with Crippen LogP contribution >= 0.6 is 11.3 Å². The Morgan fingerprint density at radius 2 is 2.19 bits per heavy atom. The monoisotopic (exact) mass is 296 g/mol. The highest BCUT2D eigenvalue weighted by molar-refractivity contribution is 7.10. The Bertz CT molecular complexity index is 775. The van der Waals surface area contributed by atoms with Gasteiger partial charge in [-0.1, -0.05) is 12.1 Å². The minimum absolute atomic E-state index is 0.149. The number of nitrogens with zero attached hydrogens (tertiary/aromatic N) is 1. The van der Waals surface area contributed by atoms with Crippen molar-refractivity contribution in [1.82, 2.24) is 9.88 Å². The summed E-state index contributed by atoms with van der Waals surface area (Å²) in [6.07, 6.45) is 4.04. The predicted octanol–water partition coefficient (Wildman–Crippen LogP) is 4.21. The van der Waals surface area contributed by atoms with Crippen molar-refractivity contribution in [2.24, 2.45) is 0 Å². The Kier molecular flexibility index (Phi) is 3.04. The van der Waals surface area contributed by atoms with Gasteiger partial charge in [-0.25, -0.2) is 0 Å². The van der Waals surface area contributed by atoms with Crippen LogP contribution in [-0.2, 0) is 0 Å². The summed E-state index contributed by atoms with van der Waals surface area (Å²) in [6.45, 7) is 0.849. The molecule has 4 rings (SSSR count). The number of thiophene rings is 1. The van der Waals surface area contributed by atoms with Gasteiger partial charge in [0.25, 0.3) is 5.91 Å². The first-order chi connectivity index (χ1) is 10.3. The number of hydrogen-bond acceptors (Lipinski definition) is 2. The lowest BCUT2D eigenvalue weighted by Gasteiger charge is -2.24. The summed E-state index contributed by atoms with van der Waals surface area (Å²) in [5.74, 6) is 0.149. The van der Waals surface area contributed by atoms with Crippen LogP contribution in [0, 0.1) is 0 Å². The van der Waals surface area contributed by atoms with Crippen molar-refractivity contribution < 1.29 is 4.79 Å². The molecule has 21 heavy (non-hydrogen) atoms. The van der Waals surface area contributed by atoms with Crippen LogP contribution in [0.3, 0.4) is 0 Å². The molecule has 3 heterocycles. The highest BCUT2D eigenvalue weighted by Gasteiger charge is 2.31. The third-order valence-corrected chi connectivity index (χ3v) is 5.18. The fraction of sp³-hybridized carbons (Fsp3) is 0.235. The second-order valence-electron chi connectivity index (χ2n) is 5.42. The van der Waals surface area contributed by atoms with Gasteiger partial charge < -0.3 is 9.88 Å². The van der Waals surface area contributed by atoms with Gasteiger partial charge in [0.2, 0.25) is 0 Å². The molecule has 0 spiro atoms. The lowest BCUT2D eigenvalue weighted by Crippen LogP contribution is -2.30. The van der Waals surface area contributed by atoms with E-state index in [0.29, 0.717) is 0 Å². The van der Waals surface area contributed by atoms with Crippen LogP contribution in [0.25, 0.3) is 10.9 Å². The number of nitrogens with one attached hydrogen (secondary N) is 1. The van der Waals surface area contributed by atoms with Crippen molar-refractivity contribution >= 4 is 28.1 Å². The number of carbonyl (C=O) groups excluding carboxylic acids is 1. The van der Waals surface area contributed by atoms with Gasteiger partial charge in [0, 0.05) is 34.1 Å². The number of fused-ring (bicyclic) bond motifs is 1. The summed E-state index contributed by atoms with van der Waals surface area (Å²) in [7, 11) is 0. The molecule has 106 valence electrons. The molecule has 3 aromatic rings. The molecule has 0 saturated carbocycles. The number of carbonyl (C=O) groups is 1. The third-order valence-electron chi connectivity index (χ3n) is 4.21. The van der Waals surface area contributed by atoms with E-state index in [0.717, 1.165) is 35.9 Å². The van der Waals surface area contributed by atoms with E-state index < -0.39 is 0 Å². The molecule has 0 radical (unpaired) electrons. The summed E-state index contributed by atoms with van der Waals surface area (Å²) in [5.41, 5.74) is 1.82. The van der Waals surface area contributed by atoms with E-state index in [1.165, 1.54) is 4.88 Å². The van der Waals surface area contributed by atoms with Crippen LogP contribution in [0.2, 0.25) is 0 Å². The molecule has 1 atom stereocenters. The number of benzene rings is 1. The molecule has 4 heteroatoms. The first-order valence-corrected chi connectivity index (χ1v) is 8.13. The molecular formula is C17H16N2OS. The minimum Gasteiger partial charge on any atom is -0.361 e. The molecule has 0 bridgehead atoms. The van der Waals surface area contributed by atoms with Crippen molar-refractivity contribution in [3.63, 3.8) is 0 Å². The Labute approximate surface area is 127 Å². The van der Waals surface area contributed by atoms with Crippen LogP contribution in [0.15, 0.2) is 48.0 Å². The van der Waals surface area contributed by atoms with Gasteiger partial charge in [0.15, 0.2) is 0 Å². The fourth-order valence-corrected chi connectivity index (χ4v) is 4.09. The van der Waals surface area contributed by atoms with Gasteiger partial charge in [-0.3, -0.25) is 4.79 Å². The van der Waals surface area contributed by atoms with Crippen molar-refractivity contribution in [1.29, 1.82) is 0 Å². The van der Waals surface area contributed by atoms with Crippen molar-refractivity contribution in [2.45, 2.75) is 18.9 Å². The number of aromatic amines is 1. The molecule has 1 aliphatic heterocycles. The van der Waals surface area contributed by atoms with Crippen LogP contribution in [0.4, 0.5) is 0 Å². The molecule has 1 aromatic carbocycles. The predicted molar refractivity (Wildman–Crippen MR) is 85.6 cm³/mol. The van der Waals surface area contributed by atoms with Crippen molar-refractivity contribution in [3.05, 3.63) is 58.4 Å². The lowest BCUT2D eigenvalue weighted by molar-refractivity contribution is 0.0740. The van der Waals surface area contributed by atoms with E-state index in [-0.39, 0.29) is 11.9 Å². The summed E-state index contributed by atoms with van der Waals surface area (Å²) in [4.78, 5) is 19.5. The summed E-state index contributed by atoms with van der Waals surface area (Å²) in [6, 6.07) is 12.3. The molecule has 1 amide bonds. The van der Waals surface area contributed by atoms with Gasteiger partial charge in [-0.15, -0.1) is 11.3 Å². The number of hydrogen-bond donors (Lipinski definition) is 1. The Hall–Kier alpha value is -2.07. The van der Waals surface area contributed by atoms with Crippen molar-refractivity contribution in [3.8, 4) is 0 Å². The fourth-order valence-electron chi connectivity index (χ4n) is 3.21. The zero-order chi connectivity index (χ0) is 14.2. The van der Waals surface area contributed by atoms with Gasteiger partial charge in [0.05, 0.1) is 6.04 Å². The average molecular weight is 296 g/mol. The number of aromatic nitrogens is 1. The highest BCUT2D eigenvalue weighted by Crippen LogP contribution is 2.36. The zero-order valence-corrected chi connectivity index (χ0v) is 12.4. The minimum atomic E-state index is 0.149. The van der Waals surface area contributed by atoms with E-state index in [4.69, 9.17) is 0 Å². The standard InChI is InChI=1S/C17H16N2OS/c20-17(13-4-1-5-14-12(13)8-9-18-14)19-10-2-6-15(19)16-7-3-11-21-16/h1,3-5,7-9,11,15,18H,2,6,10H2. The van der Waals surface area contributed by atoms with E-state index in [9.17, 15) is 4.79 Å². The maximum Gasteiger partial charge on any atom is 0.255 e. The Morgan fingerprint density at radius 1 is 1.24 bits per heavy atom. The molecule has 3 nitrogen and oxygen atoms in total. The topological polar surface area (TPSA) is 36.1 Å². The Balaban J connectivity index is 1.72. The Morgan fingerprint density at radius 3 is 3.05 bits per heavy atom.